The van der Waals surface area contributed by atoms with Crippen LogP contribution in [-0.4, -0.2) is 66.5 Å². The van der Waals surface area contributed by atoms with Crippen molar-refractivity contribution in [2.24, 2.45) is 5.92 Å². The van der Waals surface area contributed by atoms with Crippen LogP contribution in [0.25, 0.3) is 16.2 Å². The fourth-order valence-corrected chi connectivity index (χ4v) is 6.01. The van der Waals surface area contributed by atoms with E-state index in [-0.39, 0.29) is 18.5 Å². The van der Waals surface area contributed by atoms with E-state index >= 15 is 0 Å². The van der Waals surface area contributed by atoms with E-state index in [1.165, 1.54) is 24.5 Å². The minimum atomic E-state index is -1.15. The molecule has 0 radical (unpaired) electrons. The summed E-state index contributed by atoms with van der Waals surface area (Å²) in [5, 5.41) is 18.6. The molecular weight excluding hydrogens is 589 g/mol. The van der Waals surface area contributed by atoms with Gasteiger partial charge in [0.2, 0.25) is 11.8 Å². The Labute approximate surface area is 251 Å². The summed E-state index contributed by atoms with van der Waals surface area (Å²) in [4.78, 5) is 51.4. The van der Waals surface area contributed by atoms with Crippen LogP contribution in [0, 0.1) is 5.92 Å². The van der Waals surface area contributed by atoms with Gasteiger partial charge < -0.3 is 25.4 Å². The summed E-state index contributed by atoms with van der Waals surface area (Å²) in [6, 6.07) is 10.1. The molecule has 1 fully saturated rings. The van der Waals surface area contributed by atoms with Crippen molar-refractivity contribution in [3.05, 3.63) is 69.0 Å². The number of carboxylic acid groups (broad SMARTS) is 1. The average Bonchev–Trinajstić information content (AvgIpc) is 3.45. The lowest BCUT2D eigenvalue weighted by Crippen LogP contribution is -2.49. The fourth-order valence-electron chi connectivity index (χ4n) is 4.57. The van der Waals surface area contributed by atoms with E-state index in [4.69, 9.17) is 27.9 Å². The van der Waals surface area contributed by atoms with E-state index in [1.54, 1.807) is 35.2 Å². The monoisotopic (exact) mass is 617 g/mol. The number of hydrogen-bond acceptors (Lipinski definition) is 6. The molecule has 1 unspecified atom stereocenters. The van der Waals surface area contributed by atoms with Gasteiger partial charge in [-0.25, -0.2) is 0 Å². The molecule has 0 spiro atoms. The highest BCUT2D eigenvalue weighted by atomic mass is 35.5. The Hall–Kier alpha value is -3.60. The molecule has 41 heavy (non-hydrogen) atoms. The predicted molar refractivity (Wildman–Crippen MR) is 160 cm³/mol. The number of carbonyl (C=O) groups is 4. The molecule has 3 aromatic rings. The van der Waals surface area contributed by atoms with Gasteiger partial charge in [0.05, 0.1) is 34.2 Å². The van der Waals surface area contributed by atoms with Gasteiger partial charge in [0, 0.05) is 37.3 Å². The van der Waals surface area contributed by atoms with Crippen molar-refractivity contribution < 1.29 is 29.0 Å². The van der Waals surface area contributed by atoms with Gasteiger partial charge >= 0.3 is 5.97 Å². The molecule has 3 N–H and O–H groups in total. The number of aliphatic carboxylic acids is 1. The van der Waals surface area contributed by atoms with Crippen molar-refractivity contribution in [3.8, 4) is 5.75 Å². The van der Waals surface area contributed by atoms with Crippen molar-refractivity contribution in [3.63, 3.8) is 0 Å². The van der Waals surface area contributed by atoms with E-state index in [9.17, 15) is 24.3 Å². The van der Waals surface area contributed by atoms with Crippen LogP contribution >= 0.6 is 34.5 Å². The first-order valence-electron chi connectivity index (χ1n) is 12.9. The molecule has 1 aromatic heterocycles. The summed E-state index contributed by atoms with van der Waals surface area (Å²) in [5.41, 5.74) is 0.989. The molecule has 216 valence electrons. The topological polar surface area (TPSA) is 125 Å². The Morgan fingerprint density at radius 2 is 1.90 bits per heavy atom. The summed E-state index contributed by atoms with van der Waals surface area (Å²) in [6.45, 7) is 0.699. The maximum atomic E-state index is 12.9. The Bertz CT molecular complexity index is 1480. The number of fused-ring (bicyclic) bond motifs is 1. The second kappa shape index (κ2) is 13.8. The molecule has 3 amide bonds. The molecule has 1 saturated heterocycles. The Balaban J connectivity index is 1.29. The van der Waals surface area contributed by atoms with Gasteiger partial charge in [-0.1, -0.05) is 29.3 Å². The lowest BCUT2D eigenvalue weighted by molar-refractivity contribution is -0.141. The number of nitrogens with zero attached hydrogens (tertiary/aromatic N) is 1. The van der Waals surface area contributed by atoms with Crippen LogP contribution in [0.5, 0.6) is 5.75 Å². The SMILES string of the molecule is COc1cccc(C(=O)NCC(CC(=O)O)C(=O)NC2CCN(C(=O)C=Cc3cc4ccsc4c(Cl)c3Cl)CC2)c1. The maximum Gasteiger partial charge on any atom is 0.304 e. The van der Waals surface area contributed by atoms with Crippen LogP contribution in [0.3, 0.4) is 0 Å². The zero-order chi connectivity index (χ0) is 29.5. The smallest absolute Gasteiger partial charge is 0.304 e. The number of nitrogens with one attached hydrogen (secondary N) is 2. The first-order chi connectivity index (χ1) is 19.7. The molecule has 2 aromatic carbocycles. The molecule has 4 rings (SSSR count). The second-order valence-electron chi connectivity index (χ2n) is 9.61. The summed E-state index contributed by atoms with van der Waals surface area (Å²) in [7, 11) is 1.49. The van der Waals surface area contributed by atoms with Crippen LogP contribution in [0.2, 0.25) is 10.0 Å². The van der Waals surface area contributed by atoms with Crippen LogP contribution in [-0.2, 0) is 14.4 Å². The van der Waals surface area contributed by atoms with E-state index in [0.717, 1.165) is 10.1 Å². The third-order valence-corrected chi connectivity index (χ3v) is 8.79. The minimum absolute atomic E-state index is 0.139. The lowest BCUT2D eigenvalue weighted by Gasteiger charge is -2.32. The highest BCUT2D eigenvalue weighted by Gasteiger charge is 2.28. The number of likely N-dealkylation sites (tertiary alicyclic amines) is 1. The first-order valence-corrected chi connectivity index (χ1v) is 14.6. The minimum Gasteiger partial charge on any atom is -0.497 e. The number of piperidine rings is 1. The predicted octanol–water partition coefficient (Wildman–Crippen LogP) is 4.86. The normalized spacial score (nSPS) is 14.7. The number of carbonyl (C=O) groups excluding carboxylic acids is 3. The van der Waals surface area contributed by atoms with Gasteiger partial charge in [-0.05, 0) is 65.6 Å². The van der Waals surface area contributed by atoms with Crippen molar-refractivity contribution in [2.75, 3.05) is 26.7 Å². The summed E-state index contributed by atoms with van der Waals surface area (Å²) >= 11 is 14.3. The highest BCUT2D eigenvalue weighted by molar-refractivity contribution is 7.18. The molecule has 9 nitrogen and oxygen atoms in total. The lowest BCUT2D eigenvalue weighted by atomic mass is 10.0. The van der Waals surface area contributed by atoms with Crippen molar-refractivity contribution in [1.29, 1.82) is 0 Å². The van der Waals surface area contributed by atoms with Crippen LogP contribution in [0.4, 0.5) is 0 Å². The van der Waals surface area contributed by atoms with Crippen LogP contribution in [0.15, 0.2) is 47.9 Å². The molecule has 1 aliphatic rings. The van der Waals surface area contributed by atoms with Gasteiger partial charge in [0.1, 0.15) is 5.75 Å². The van der Waals surface area contributed by atoms with E-state index in [1.807, 2.05) is 17.5 Å². The largest absolute Gasteiger partial charge is 0.497 e. The molecule has 2 heterocycles. The second-order valence-corrected chi connectivity index (χ2v) is 11.3. The third kappa shape index (κ3) is 7.78. The third-order valence-electron chi connectivity index (χ3n) is 6.84. The molecular formula is C29H29Cl2N3O6S. The number of benzene rings is 2. The number of hydrogen-bond donors (Lipinski definition) is 3. The number of methoxy groups -OCH3 is 1. The van der Waals surface area contributed by atoms with Gasteiger partial charge in [-0.15, -0.1) is 11.3 Å². The number of rotatable bonds is 10. The number of carboxylic acids is 1. The molecule has 1 aliphatic heterocycles. The molecule has 0 bridgehead atoms. The van der Waals surface area contributed by atoms with Crippen molar-refractivity contribution in [1.82, 2.24) is 15.5 Å². The van der Waals surface area contributed by atoms with Gasteiger partial charge in [-0.2, -0.15) is 0 Å². The summed E-state index contributed by atoms with van der Waals surface area (Å²) in [5.74, 6) is -2.68. The Morgan fingerprint density at radius 1 is 1.15 bits per heavy atom. The standard InChI is InChI=1S/C29H29Cl2N3O6S/c1-40-22-4-2-3-19(14-22)28(38)32-16-20(15-24(36)37)29(39)33-21-7-10-34(11-8-21)23(35)6-5-17-13-18-9-12-41-27(18)26(31)25(17)30/h2-6,9,12-14,20-21H,7-8,10-11,15-16H2,1H3,(H,32,38)(H,33,39)(H,36,37). The Morgan fingerprint density at radius 3 is 2.61 bits per heavy atom. The molecule has 1 atom stereocenters. The Kier molecular flexibility index (Phi) is 10.3. The summed E-state index contributed by atoms with van der Waals surface area (Å²) in [6.07, 6.45) is 3.69. The number of thiophene rings is 1. The number of amides is 3. The van der Waals surface area contributed by atoms with Crippen molar-refractivity contribution >= 4 is 74.4 Å². The van der Waals surface area contributed by atoms with Crippen LogP contribution < -0.4 is 15.4 Å². The van der Waals surface area contributed by atoms with E-state index in [2.05, 4.69) is 10.6 Å². The van der Waals surface area contributed by atoms with E-state index < -0.39 is 30.1 Å². The van der Waals surface area contributed by atoms with Gasteiger partial charge in [0.25, 0.3) is 5.91 Å². The molecule has 0 aliphatic carbocycles. The zero-order valence-corrected chi connectivity index (χ0v) is 24.5. The number of ether oxygens (including phenoxy) is 1. The van der Waals surface area contributed by atoms with Gasteiger partial charge in [-0.3, -0.25) is 19.2 Å². The average molecular weight is 619 g/mol. The maximum absolute atomic E-state index is 12.9. The summed E-state index contributed by atoms with van der Waals surface area (Å²) < 4.78 is 6.02. The molecule has 12 heteroatoms. The quantitative estimate of drug-likeness (QED) is 0.279. The molecule has 0 saturated carbocycles. The highest BCUT2D eigenvalue weighted by Crippen LogP contribution is 2.37. The van der Waals surface area contributed by atoms with E-state index in [0.29, 0.717) is 52.9 Å². The number of halogens is 2. The van der Waals surface area contributed by atoms with Crippen molar-refractivity contribution in [2.45, 2.75) is 25.3 Å². The fraction of sp³-hybridized carbons (Fsp3) is 0.310. The van der Waals surface area contributed by atoms with Crippen LogP contribution in [0.1, 0.15) is 35.2 Å². The zero-order valence-electron chi connectivity index (χ0n) is 22.2. The van der Waals surface area contributed by atoms with Gasteiger partial charge in [0.15, 0.2) is 0 Å². The first kappa shape index (κ1) is 30.4.